The van der Waals surface area contributed by atoms with Gasteiger partial charge in [0.25, 0.3) is 5.91 Å². The summed E-state index contributed by atoms with van der Waals surface area (Å²) in [5.41, 5.74) is 2.52. The summed E-state index contributed by atoms with van der Waals surface area (Å²) in [6.45, 7) is 1.39. The molecule has 6 nitrogen and oxygen atoms in total. The van der Waals surface area contributed by atoms with Gasteiger partial charge in [-0.1, -0.05) is 35.5 Å². The van der Waals surface area contributed by atoms with Crippen LogP contribution in [-0.4, -0.2) is 27.4 Å². The first-order valence-electron chi connectivity index (χ1n) is 8.63. The summed E-state index contributed by atoms with van der Waals surface area (Å²) in [5.74, 6) is 1.06. The molecule has 2 heterocycles. The molecule has 6 heteroatoms. The molecule has 0 bridgehead atoms. The van der Waals surface area contributed by atoms with Gasteiger partial charge in [0.1, 0.15) is 0 Å². The Morgan fingerprint density at radius 1 is 1.24 bits per heavy atom. The lowest BCUT2D eigenvalue weighted by Crippen LogP contribution is -2.25. The molecule has 1 aromatic carbocycles. The number of amides is 1. The van der Waals surface area contributed by atoms with Crippen LogP contribution >= 0.6 is 0 Å². The molecule has 0 atom stereocenters. The van der Waals surface area contributed by atoms with Gasteiger partial charge in [0, 0.05) is 42.5 Å². The molecule has 128 valence electrons. The highest BCUT2D eigenvalue weighted by Gasteiger charge is 2.26. The molecule has 0 unspecified atom stereocenters. The zero-order valence-electron chi connectivity index (χ0n) is 13.9. The molecular weight excluding hydrogens is 316 g/mol. The standard InChI is InChI=1S/C19H20N4O2/c24-19(16-13-18(25-22-16)15-5-2-1-3-6-15)20-10-4-12-23-17(9-11-21-23)14-7-8-14/h1-3,5-6,9,11,13-14H,4,7-8,10,12H2,(H,20,24). The van der Waals surface area contributed by atoms with Crippen LogP contribution in [0, 0.1) is 0 Å². The van der Waals surface area contributed by atoms with Crippen molar-refractivity contribution in [1.29, 1.82) is 0 Å². The molecule has 4 rings (SSSR count). The number of hydrogen-bond donors (Lipinski definition) is 1. The lowest BCUT2D eigenvalue weighted by atomic mass is 10.1. The van der Waals surface area contributed by atoms with Gasteiger partial charge in [0.05, 0.1) is 0 Å². The summed E-state index contributed by atoms with van der Waals surface area (Å²) in [5, 5.41) is 11.1. The number of carbonyl (C=O) groups is 1. The van der Waals surface area contributed by atoms with Gasteiger partial charge in [-0.25, -0.2) is 0 Å². The zero-order chi connectivity index (χ0) is 17.1. The van der Waals surface area contributed by atoms with Crippen molar-refractivity contribution in [3.05, 3.63) is 60.0 Å². The molecule has 0 radical (unpaired) electrons. The summed E-state index contributed by atoms with van der Waals surface area (Å²) in [6.07, 6.45) is 5.21. The number of aryl methyl sites for hydroxylation is 1. The highest BCUT2D eigenvalue weighted by Crippen LogP contribution is 2.39. The summed E-state index contributed by atoms with van der Waals surface area (Å²) < 4.78 is 7.31. The van der Waals surface area contributed by atoms with E-state index in [9.17, 15) is 4.79 Å². The molecule has 25 heavy (non-hydrogen) atoms. The number of nitrogens with zero attached hydrogens (tertiary/aromatic N) is 3. The number of aromatic nitrogens is 3. The molecule has 0 spiro atoms. The third kappa shape index (κ3) is 3.63. The van der Waals surface area contributed by atoms with Gasteiger partial charge in [-0.2, -0.15) is 5.10 Å². The van der Waals surface area contributed by atoms with E-state index in [4.69, 9.17) is 4.52 Å². The lowest BCUT2D eigenvalue weighted by Gasteiger charge is -2.07. The van der Waals surface area contributed by atoms with Gasteiger partial charge in [-0.15, -0.1) is 0 Å². The number of carbonyl (C=O) groups excluding carboxylic acids is 1. The summed E-state index contributed by atoms with van der Waals surface area (Å²) in [4.78, 5) is 12.2. The van der Waals surface area contributed by atoms with Crippen molar-refractivity contribution >= 4 is 5.91 Å². The molecule has 1 N–H and O–H groups in total. The first kappa shape index (κ1) is 15.6. The van der Waals surface area contributed by atoms with E-state index in [-0.39, 0.29) is 5.91 Å². The van der Waals surface area contributed by atoms with Crippen molar-refractivity contribution < 1.29 is 9.32 Å². The van der Waals surface area contributed by atoms with E-state index in [1.807, 2.05) is 41.2 Å². The Kier molecular flexibility index (Phi) is 4.33. The van der Waals surface area contributed by atoms with Crippen LogP contribution in [-0.2, 0) is 6.54 Å². The van der Waals surface area contributed by atoms with Crippen LogP contribution in [0.25, 0.3) is 11.3 Å². The highest BCUT2D eigenvalue weighted by atomic mass is 16.5. The van der Waals surface area contributed by atoms with Gasteiger partial charge in [-0.05, 0) is 25.3 Å². The van der Waals surface area contributed by atoms with Gasteiger partial charge >= 0.3 is 0 Å². The second-order valence-electron chi connectivity index (χ2n) is 6.31. The van der Waals surface area contributed by atoms with E-state index >= 15 is 0 Å². The van der Waals surface area contributed by atoms with Crippen LogP contribution in [0.3, 0.4) is 0 Å². The normalized spacial score (nSPS) is 13.8. The van der Waals surface area contributed by atoms with E-state index < -0.39 is 0 Å². The number of benzene rings is 1. The molecular formula is C19H20N4O2. The average Bonchev–Trinajstić information content (AvgIpc) is 3.19. The van der Waals surface area contributed by atoms with Crippen LogP contribution in [0.2, 0.25) is 0 Å². The SMILES string of the molecule is O=C(NCCCn1nccc1C1CC1)c1cc(-c2ccccc2)on1. The topological polar surface area (TPSA) is 73.0 Å². The molecule has 0 saturated heterocycles. The van der Waals surface area contributed by atoms with Crippen LogP contribution in [0.15, 0.2) is 53.2 Å². The van der Waals surface area contributed by atoms with Crippen molar-refractivity contribution in [2.24, 2.45) is 0 Å². The number of nitrogens with one attached hydrogen (secondary N) is 1. The lowest BCUT2D eigenvalue weighted by molar-refractivity contribution is 0.0943. The molecule has 1 fully saturated rings. The number of hydrogen-bond acceptors (Lipinski definition) is 4. The fourth-order valence-electron chi connectivity index (χ4n) is 2.90. The Morgan fingerprint density at radius 3 is 2.88 bits per heavy atom. The fourth-order valence-corrected chi connectivity index (χ4v) is 2.90. The Hall–Kier alpha value is -2.89. The summed E-state index contributed by atoms with van der Waals surface area (Å²) in [7, 11) is 0. The van der Waals surface area contributed by atoms with E-state index in [1.54, 1.807) is 6.07 Å². The van der Waals surface area contributed by atoms with E-state index in [0.29, 0.717) is 23.9 Å². The minimum Gasteiger partial charge on any atom is -0.355 e. The molecule has 3 aromatic rings. The minimum atomic E-state index is -0.214. The zero-order valence-corrected chi connectivity index (χ0v) is 13.9. The predicted octanol–water partition coefficient (Wildman–Crippen LogP) is 3.24. The third-order valence-electron chi connectivity index (χ3n) is 4.38. The monoisotopic (exact) mass is 336 g/mol. The molecule has 1 aliphatic carbocycles. The first-order valence-corrected chi connectivity index (χ1v) is 8.63. The number of rotatable bonds is 7. The Morgan fingerprint density at radius 2 is 2.08 bits per heavy atom. The van der Waals surface area contributed by atoms with Crippen molar-refractivity contribution in [2.75, 3.05) is 6.54 Å². The largest absolute Gasteiger partial charge is 0.355 e. The van der Waals surface area contributed by atoms with Crippen LogP contribution in [0.5, 0.6) is 0 Å². The van der Waals surface area contributed by atoms with Crippen molar-refractivity contribution in [3.8, 4) is 11.3 Å². The summed E-state index contributed by atoms with van der Waals surface area (Å²) >= 11 is 0. The van der Waals surface area contributed by atoms with Crippen molar-refractivity contribution in [3.63, 3.8) is 0 Å². The van der Waals surface area contributed by atoms with Crippen LogP contribution in [0.4, 0.5) is 0 Å². The van der Waals surface area contributed by atoms with Gasteiger partial charge in [0.15, 0.2) is 11.5 Å². The maximum Gasteiger partial charge on any atom is 0.273 e. The average molecular weight is 336 g/mol. The first-order chi connectivity index (χ1) is 12.3. The molecule has 1 saturated carbocycles. The van der Waals surface area contributed by atoms with Crippen molar-refractivity contribution in [2.45, 2.75) is 31.7 Å². The second-order valence-corrected chi connectivity index (χ2v) is 6.31. The Labute approximate surface area is 145 Å². The quantitative estimate of drug-likeness (QED) is 0.672. The fraction of sp³-hybridized carbons (Fsp3) is 0.316. The smallest absolute Gasteiger partial charge is 0.273 e. The van der Waals surface area contributed by atoms with E-state index in [1.165, 1.54) is 18.5 Å². The Balaban J connectivity index is 1.28. The van der Waals surface area contributed by atoms with Crippen molar-refractivity contribution in [1.82, 2.24) is 20.3 Å². The summed E-state index contributed by atoms with van der Waals surface area (Å²) in [6, 6.07) is 13.4. The molecule has 1 amide bonds. The highest BCUT2D eigenvalue weighted by molar-refractivity contribution is 5.93. The third-order valence-corrected chi connectivity index (χ3v) is 4.38. The molecule has 2 aromatic heterocycles. The Bertz CT molecular complexity index is 849. The van der Waals surface area contributed by atoms with Gasteiger partial charge < -0.3 is 9.84 Å². The van der Waals surface area contributed by atoms with E-state index in [0.717, 1.165) is 18.5 Å². The minimum absolute atomic E-state index is 0.214. The maximum atomic E-state index is 12.2. The van der Waals surface area contributed by atoms with E-state index in [2.05, 4.69) is 21.6 Å². The predicted molar refractivity (Wildman–Crippen MR) is 93.1 cm³/mol. The van der Waals surface area contributed by atoms with Crippen LogP contribution in [0.1, 0.15) is 41.4 Å². The van der Waals surface area contributed by atoms with Gasteiger partial charge in [0.2, 0.25) is 0 Å². The second kappa shape index (κ2) is 6.93. The molecule has 1 aliphatic rings. The van der Waals surface area contributed by atoms with Gasteiger partial charge in [-0.3, -0.25) is 9.48 Å². The van der Waals surface area contributed by atoms with Crippen LogP contribution < -0.4 is 5.32 Å². The maximum absolute atomic E-state index is 12.2. The molecule has 0 aliphatic heterocycles.